The van der Waals surface area contributed by atoms with Crippen LogP contribution in [0.1, 0.15) is 34.6 Å². The third kappa shape index (κ3) is 5.34. The highest BCUT2D eigenvalue weighted by Crippen LogP contribution is 2.23. The number of carbonyl (C=O) groups excluding carboxylic acids is 1. The number of hydrogen-bond acceptors (Lipinski definition) is 2. The Morgan fingerprint density at radius 3 is 2.00 bits per heavy atom. The highest BCUT2D eigenvalue weighted by Gasteiger charge is 2.28. The molecule has 0 amide bonds. The summed E-state index contributed by atoms with van der Waals surface area (Å²) in [4.78, 5) is 11.3. The molecular formula is C10H21AlO2. The first-order chi connectivity index (χ1) is 5.99. The average Bonchev–Trinajstić information content (AvgIpc) is 1.99. The molecule has 0 rings (SSSR count). The average molecular weight is 200 g/mol. The van der Waals surface area contributed by atoms with Crippen LogP contribution >= 0.6 is 0 Å². The van der Waals surface area contributed by atoms with Gasteiger partial charge in [-0.05, 0) is 6.92 Å². The molecule has 0 saturated carbocycles. The predicted octanol–water partition coefficient (Wildman–Crippen LogP) is 2.86. The van der Waals surface area contributed by atoms with Crippen molar-refractivity contribution >= 4 is 20.1 Å². The quantitative estimate of drug-likeness (QED) is 0.504. The van der Waals surface area contributed by atoms with Crippen LogP contribution in [0.4, 0.5) is 0 Å². The Kier molecular flexibility index (Phi) is 6.46. The first-order valence-corrected chi connectivity index (χ1v) is 7.29. The summed E-state index contributed by atoms with van der Waals surface area (Å²) in [6.45, 7) is 11.2. The van der Waals surface area contributed by atoms with Crippen LogP contribution in [0, 0.1) is 0 Å². The summed E-state index contributed by atoms with van der Waals surface area (Å²) < 4.78 is 6.34. The zero-order valence-corrected chi connectivity index (χ0v) is 10.6. The van der Waals surface area contributed by atoms with E-state index in [1.807, 2.05) is 6.92 Å². The topological polar surface area (TPSA) is 26.3 Å². The maximum atomic E-state index is 11.3. The van der Waals surface area contributed by atoms with Gasteiger partial charge in [-0.15, -0.1) is 0 Å². The van der Waals surface area contributed by atoms with Crippen molar-refractivity contribution in [3.63, 3.8) is 0 Å². The monoisotopic (exact) mass is 200 g/mol. The molecule has 0 unspecified atom stereocenters. The fourth-order valence-corrected chi connectivity index (χ4v) is 4.64. The Morgan fingerprint density at radius 1 is 1.23 bits per heavy atom. The minimum Gasteiger partial charge on any atom is -0.467 e. The van der Waals surface area contributed by atoms with E-state index in [9.17, 15) is 4.79 Å². The van der Waals surface area contributed by atoms with Crippen molar-refractivity contribution < 1.29 is 9.53 Å². The van der Waals surface area contributed by atoms with Gasteiger partial charge >= 0.3 is 0 Å². The van der Waals surface area contributed by atoms with Gasteiger partial charge in [0.1, 0.15) is 0 Å². The molecule has 0 aromatic rings. The lowest BCUT2D eigenvalue weighted by Crippen LogP contribution is -2.25. The van der Waals surface area contributed by atoms with Gasteiger partial charge in [-0.3, -0.25) is 4.79 Å². The molecule has 0 fully saturated rings. The zero-order valence-electron chi connectivity index (χ0n) is 9.46. The van der Waals surface area contributed by atoms with E-state index in [0.29, 0.717) is 21.4 Å². The summed E-state index contributed by atoms with van der Waals surface area (Å²) in [6, 6.07) is 0. The van der Waals surface area contributed by atoms with Gasteiger partial charge < -0.3 is 4.74 Å². The molecule has 0 aliphatic carbocycles. The summed E-state index contributed by atoms with van der Waals surface area (Å²) in [5.74, 6) is 0.00145. The largest absolute Gasteiger partial charge is 0.467 e. The molecule has 0 N–H and O–H groups in total. The molecule has 0 atom stereocenters. The fourth-order valence-electron chi connectivity index (χ4n) is 1.65. The van der Waals surface area contributed by atoms with E-state index in [1.54, 1.807) is 0 Å². The molecule has 0 bridgehead atoms. The highest BCUT2D eigenvalue weighted by molar-refractivity contribution is 6.64. The lowest BCUT2D eigenvalue weighted by molar-refractivity contribution is -0.140. The van der Waals surface area contributed by atoms with Crippen LogP contribution in [0.2, 0.25) is 14.8 Å². The molecule has 0 aliphatic rings. The van der Waals surface area contributed by atoms with E-state index >= 15 is 0 Å². The lowest BCUT2D eigenvalue weighted by Gasteiger charge is -2.17. The minimum atomic E-state index is -0.944. The van der Waals surface area contributed by atoms with E-state index in [2.05, 4.69) is 27.7 Å². The van der Waals surface area contributed by atoms with Gasteiger partial charge in [0.05, 0.1) is 6.61 Å². The van der Waals surface area contributed by atoms with Gasteiger partial charge in [0, 0.05) is 5.28 Å². The van der Waals surface area contributed by atoms with Crippen LogP contribution in [0.3, 0.4) is 0 Å². The van der Waals surface area contributed by atoms with E-state index in [1.165, 1.54) is 0 Å². The van der Waals surface area contributed by atoms with Gasteiger partial charge in [0.15, 0.2) is 0 Å². The molecular weight excluding hydrogens is 179 g/mol. The van der Waals surface area contributed by atoms with Crippen molar-refractivity contribution in [3.8, 4) is 0 Å². The molecule has 0 aliphatic heterocycles. The normalized spacial score (nSPS) is 10.7. The molecule has 0 spiro atoms. The van der Waals surface area contributed by atoms with Crippen molar-refractivity contribution in [2.45, 2.75) is 49.5 Å². The van der Waals surface area contributed by atoms with Crippen molar-refractivity contribution in [2.24, 2.45) is 0 Å². The third-order valence-electron chi connectivity index (χ3n) is 2.42. The first kappa shape index (κ1) is 13.0. The SMILES string of the molecule is CCOC(=O)[CH2][Al]([CH](C)C)[CH](C)C. The van der Waals surface area contributed by atoms with Crippen molar-refractivity contribution in [1.82, 2.24) is 0 Å². The van der Waals surface area contributed by atoms with Gasteiger partial charge in [-0.25, -0.2) is 0 Å². The zero-order chi connectivity index (χ0) is 10.4. The summed E-state index contributed by atoms with van der Waals surface area (Å²) in [7, 11) is 0. The molecule has 0 aromatic heterocycles. The van der Waals surface area contributed by atoms with Crippen LogP contribution in [0.15, 0.2) is 0 Å². The van der Waals surface area contributed by atoms with Gasteiger partial charge in [0.25, 0.3) is 20.1 Å². The van der Waals surface area contributed by atoms with E-state index in [4.69, 9.17) is 4.74 Å². The minimum absolute atomic E-state index is 0.00145. The Labute approximate surface area is 86.0 Å². The van der Waals surface area contributed by atoms with Crippen LogP contribution in [0.5, 0.6) is 0 Å². The standard InChI is InChI=1S/C4H7O2.2C3H7.Al/c1-3-6-4(2)5;2*1-3-2;/h2-3H2,1H3;2*3H,1-2H3;. The second kappa shape index (κ2) is 6.46. The van der Waals surface area contributed by atoms with E-state index in [-0.39, 0.29) is 5.97 Å². The van der Waals surface area contributed by atoms with Crippen molar-refractivity contribution in [1.29, 1.82) is 0 Å². The van der Waals surface area contributed by atoms with E-state index < -0.39 is 14.1 Å². The van der Waals surface area contributed by atoms with Crippen molar-refractivity contribution in [2.75, 3.05) is 6.61 Å². The molecule has 0 aromatic carbocycles. The molecule has 13 heavy (non-hydrogen) atoms. The Morgan fingerprint density at radius 2 is 1.69 bits per heavy atom. The van der Waals surface area contributed by atoms with Gasteiger partial charge in [-0.2, -0.15) is 0 Å². The van der Waals surface area contributed by atoms with Gasteiger partial charge in [-0.1, -0.05) is 37.3 Å². The number of hydrogen-bond donors (Lipinski definition) is 0. The molecule has 2 nitrogen and oxygen atoms in total. The van der Waals surface area contributed by atoms with Crippen LogP contribution in [0.25, 0.3) is 0 Å². The molecule has 0 heterocycles. The van der Waals surface area contributed by atoms with Crippen LogP contribution < -0.4 is 0 Å². The Bertz CT molecular complexity index is 147. The molecule has 3 heteroatoms. The van der Waals surface area contributed by atoms with Gasteiger partial charge in [0.2, 0.25) is 0 Å². The van der Waals surface area contributed by atoms with Crippen LogP contribution in [-0.2, 0) is 9.53 Å². The fraction of sp³-hybridized carbons (Fsp3) is 0.900. The Balaban J connectivity index is 4.02. The smallest absolute Gasteiger partial charge is 0.292 e. The second-order valence-corrected chi connectivity index (χ2v) is 8.56. The third-order valence-corrected chi connectivity index (χ3v) is 6.65. The first-order valence-electron chi connectivity index (χ1n) is 5.14. The molecule has 0 saturated heterocycles. The Hall–Kier alpha value is 0.00247. The van der Waals surface area contributed by atoms with E-state index in [0.717, 1.165) is 0 Å². The number of ether oxygens (including phenoxy) is 1. The highest BCUT2D eigenvalue weighted by atomic mass is 27.2. The summed E-state index contributed by atoms with van der Waals surface area (Å²) >= 11 is -0.944. The lowest BCUT2D eigenvalue weighted by atomic mass is 10.5. The maximum absolute atomic E-state index is 11.3. The number of carbonyl (C=O) groups is 1. The second-order valence-electron chi connectivity index (χ2n) is 4.16. The maximum Gasteiger partial charge on any atom is 0.292 e. The summed E-state index contributed by atoms with van der Waals surface area (Å²) in [5.41, 5.74) is 0. The van der Waals surface area contributed by atoms with Crippen LogP contribution in [-0.4, -0.2) is 26.7 Å². The summed E-state index contributed by atoms with van der Waals surface area (Å²) in [6.07, 6.45) is 0. The predicted molar refractivity (Wildman–Crippen MR) is 57.4 cm³/mol. The number of rotatable bonds is 5. The van der Waals surface area contributed by atoms with Crippen molar-refractivity contribution in [3.05, 3.63) is 0 Å². The molecule has 76 valence electrons. The molecule has 0 radical (unpaired) electrons. The summed E-state index contributed by atoms with van der Waals surface area (Å²) in [5, 5.41) is 0.698. The number of esters is 1.